The number of hydrogen-bond acceptors (Lipinski definition) is 5. The molecule has 0 saturated carbocycles. The van der Waals surface area contributed by atoms with Crippen LogP contribution in [0.25, 0.3) is 6.08 Å². The molecule has 0 radical (unpaired) electrons. The Bertz CT molecular complexity index is 1040. The van der Waals surface area contributed by atoms with E-state index < -0.39 is 23.6 Å². The number of halogens is 3. The van der Waals surface area contributed by atoms with Crippen molar-refractivity contribution in [3.05, 3.63) is 60.8 Å². The first-order valence-electron chi connectivity index (χ1n) is 8.12. The molecule has 0 aromatic heterocycles. The minimum absolute atomic E-state index is 0.214. The smallest absolute Gasteiger partial charge is 0.294 e. The molecule has 10 heteroatoms. The second-order valence-corrected chi connectivity index (χ2v) is 9.00. The Hall–Kier alpha value is -1.81. The van der Waals surface area contributed by atoms with E-state index in [4.69, 9.17) is 16.3 Å². The van der Waals surface area contributed by atoms with Gasteiger partial charge in [-0.2, -0.15) is 0 Å². The number of hydrogen-bond donors (Lipinski definition) is 1. The number of methoxy groups -OCH3 is 1. The van der Waals surface area contributed by atoms with Crippen molar-refractivity contribution in [1.82, 2.24) is 4.90 Å². The van der Waals surface area contributed by atoms with Crippen molar-refractivity contribution in [3.8, 4) is 5.75 Å². The Morgan fingerprint density at radius 2 is 2.00 bits per heavy atom. The van der Waals surface area contributed by atoms with Crippen LogP contribution in [0.1, 0.15) is 5.56 Å². The molecule has 1 saturated heterocycles. The molecule has 1 aliphatic rings. The Balaban J connectivity index is 1.74. The molecule has 3 amide bonds. The number of anilines is 1. The van der Waals surface area contributed by atoms with Gasteiger partial charge in [0.15, 0.2) is 0 Å². The van der Waals surface area contributed by atoms with Crippen LogP contribution in [-0.2, 0) is 9.59 Å². The molecule has 0 spiro atoms. The fourth-order valence-electron chi connectivity index (χ4n) is 2.51. The number of nitrogens with zero attached hydrogens (tertiary/aromatic N) is 1. The lowest BCUT2D eigenvalue weighted by Gasteiger charge is -2.13. The fraction of sp³-hybridized carbons (Fsp3) is 0.105. The standard InChI is InChI=1S/C19H13Br2ClN2O4S/c1-28-15-5-2-11(20)6-10(15)7-16-18(26)24(19(27)29-16)9-17(25)23-12-3-4-13(21)14(22)8-12/h2-8H,9H2,1H3,(H,23,25)/b16-7+. The summed E-state index contributed by atoms with van der Waals surface area (Å²) >= 11 is 13.4. The summed E-state index contributed by atoms with van der Waals surface area (Å²) < 4.78 is 6.78. The van der Waals surface area contributed by atoms with Gasteiger partial charge in [-0.3, -0.25) is 19.3 Å². The average Bonchev–Trinajstić information content (AvgIpc) is 2.92. The van der Waals surface area contributed by atoms with Crippen molar-refractivity contribution in [2.75, 3.05) is 19.0 Å². The zero-order chi connectivity index (χ0) is 21.1. The molecule has 2 aromatic carbocycles. The Labute approximate surface area is 192 Å². The highest BCUT2D eigenvalue weighted by atomic mass is 79.9. The van der Waals surface area contributed by atoms with Crippen LogP contribution >= 0.6 is 55.2 Å². The molecule has 1 N–H and O–H groups in total. The third-order valence-corrected chi connectivity index (χ3v) is 6.49. The Morgan fingerprint density at radius 1 is 1.24 bits per heavy atom. The second kappa shape index (κ2) is 9.34. The summed E-state index contributed by atoms with van der Waals surface area (Å²) in [6.07, 6.45) is 1.57. The molecule has 29 heavy (non-hydrogen) atoms. The minimum atomic E-state index is -0.536. The summed E-state index contributed by atoms with van der Waals surface area (Å²) in [4.78, 5) is 38.3. The van der Waals surface area contributed by atoms with E-state index in [1.807, 2.05) is 0 Å². The summed E-state index contributed by atoms with van der Waals surface area (Å²) in [5.74, 6) is -0.483. The van der Waals surface area contributed by atoms with E-state index >= 15 is 0 Å². The van der Waals surface area contributed by atoms with Crippen LogP contribution in [0.2, 0.25) is 5.02 Å². The summed E-state index contributed by atoms with van der Waals surface area (Å²) in [5.41, 5.74) is 1.10. The number of nitrogens with one attached hydrogen (secondary N) is 1. The van der Waals surface area contributed by atoms with Crippen LogP contribution in [0.5, 0.6) is 5.75 Å². The van der Waals surface area contributed by atoms with Gasteiger partial charge >= 0.3 is 0 Å². The maximum atomic E-state index is 12.6. The van der Waals surface area contributed by atoms with Crippen molar-refractivity contribution in [2.45, 2.75) is 0 Å². The van der Waals surface area contributed by atoms with Crippen LogP contribution in [0.4, 0.5) is 10.5 Å². The molecule has 0 unspecified atom stereocenters. The zero-order valence-electron chi connectivity index (χ0n) is 14.9. The van der Waals surface area contributed by atoms with Crippen molar-refractivity contribution in [1.29, 1.82) is 0 Å². The SMILES string of the molecule is COc1ccc(Br)cc1/C=C1/SC(=O)N(CC(=O)Nc2ccc(Br)c(Cl)c2)C1=O. The average molecular weight is 561 g/mol. The van der Waals surface area contributed by atoms with Gasteiger partial charge in [-0.15, -0.1) is 0 Å². The molecule has 3 rings (SSSR count). The third kappa shape index (κ3) is 5.22. The molecule has 1 aliphatic heterocycles. The number of ether oxygens (including phenoxy) is 1. The topological polar surface area (TPSA) is 75.7 Å². The molecule has 0 atom stereocenters. The van der Waals surface area contributed by atoms with Crippen LogP contribution in [0.3, 0.4) is 0 Å². The fourth-order valence-corrected chi connectivity index (χ4v) is 4.15. The Kier molecular flexibility index (Phi) is 7.05. The molecular formula is C19H13Br2ClN2O4S. The monoisotopic (exact) mass is 558 g/mol. The number of thioether (sulfide) groups is 1. The largest absolute Gasteiger partial charge is 0.496 e. The number of benzene rings is 2. The maximum absolute atomic E-state index is 12.6. The lowest BCUT2D eigenvalue weighted by molar-refractivity contribution is -0.127. The first-order chi connectivity index (χ1) is 13.8. The van der Waals surface area contributed by atoms with Crippen molar-refractivity contribution in [2.24, 2.45) is 0 Å². The second-order valence-electron chi connectivity index (χ2n) is 5.83. The molecular weight excluding hydrogens is 548 g/mol. The van der Waals surface area contributed by atoms with Gasteiger partial charge in [-0.25, -0.2) is 0 Å². The van der Waals surface area contributed by atoms with Crippen LogP contribution < -0.4 is 10.1 Å². The van der Waals surface area contributed by atoms with E-state index in [0.717, 1.165) is 21.1 Å². The van der Waals surface area contributed by atoms with Gasteiger partial charge in [0.25, 0.3) is 11.1 Å². The highest BCUT2D eigenvalue weighted by Gasteiger charge is 2.36. The lowest BCUT2D eigenvalue weighted by atomic mass is 10.2. The van der Waals surface area contributed by atoms with E-state index in [1.165, 1.54) is 7.11 Å². The zero-order valence-corrected chi connectivity index (χ0v) is 19.6. The normalized spacial score (nSPS) is 15.2. The summed E-state index contributed by atoms with van der Waals surface area (Å²) in [7, 11) is 1.52. The van der Waals surface area contributed by atoms with Crippen molar-refractivity contribution in [3.63, 3.8) is 0 Å². The highest BCUT2D eigenvalue weighted by Crippen LogP contribution is 2.34. The number of amides is 3. The minimum Gasteiger partial charge on any atom is -0.496 e. The number of imide groups is 1. The summed E-state index contributed by atoms with van der Waals surface area (Å²) in [5, 5.41) is 2.54. The van der Waals surface area contributed by atoms with Crippen LogP contribution in [0.15, 0.2) is 50.2 Å². The number of carbonyl (C=O) groups is 3. The molecule has 1 fully saturated rings. The molecule has 0 aliphatic carbocycles. The first kappa shape index (κ1) is 21.9. The number of rotatable bonds is 5. The molecule has 0 bridgehead atoms. The van der Waals surface area contributed by atoms with Gasteiger partial charge in [-0.1, -0.05) is 27.5 Å². The van der Waals surface area contributed by atoms with E-state index in [9.17, 15) is 14.4 Å². The molecule has 2 aromatic rings. The van der Waals surface area contributed by atoms with Gasteiger partial charge < -0.3 is 10.1 Å². The molecule has 6 nitrogen and oxygen atoms in total. The third-order valence-electron chi connectivity index (χ3n) is 3.86. The van der Waals surface area contributed by atoms with E-state index in [-0.39, 0.29) is 4.91 Å². The number of carbonyl (C=O) groups excluding carboxylic acids is 3. The van der Waals surface area contributed by atoms with Crippen molar-refractivity contribution < 1.29 is 19.1 Å². The van der Waals surface area contributed by atoms with Crippen molar-refractivity contribution >= 4 is 84.0 Å². The van der Waals surface area contributed by atoms with Gasteiger partial charge in [0.05, 0.1) is 17.0 Å². The predicted octanol–water partition coefficient (Wildman–Crippen LogP) is 5.55. The van der Waals surface area contributed by atoms with E-state index in [0.29, 0.717) is 26.5 Å². The van der Waals surface area contributed by atoms with Gasteiger partial charge in [0.1, 0.15) is 12.3 Å². The van der Waals surface area contributed by atoms with Gasteiger partial charge in [0, 0.05) is 20.2 Å². The maximum Gasteiger partial charge on any atom is 0.294 e. The van der Waals surface area contributed by atoms with E-state index in [1.54, 1.807) is 42.5 Å². The summed E-state index contributed by atoms with van der Waals surface area (Å²) in [6.45, 7) is -0.398. The quantitative estimate of drug-likeness (QED) is 0.486. The van der Waals surface area contributed by atoms with E-state index in [2.05, 4.69) is 37.2 Å². The lowest BCUT2D eigenvalue weighted by Crippen LogP contribution is -2.36. The predicted molar refractivity (Wildman–Crippen MR) is 121 cm³/mol. The highest BCUT2D eigenvalue weighted by molar-refractivity contribution is 9.10. The molecule has 150 valence electrons. The Morgan fingerprint density at radius 3 is 2.69 bits per heavy atom. The first-order valence-corrected chi connectivity index (χ1v) is 10.9. The van der Waals surface area contributed by atoms with Crippen LogP contribution in [-0.4, -0.2) is 35.6 Å². The molecule has 1 heterocycles. The van der Waals surface area contributed by atoms with Crippen LogP contribution in [0, 0.1) is 0 Å². The van der Waals surface area contributed by atoms with Gasteiger partial charge in [-0.05, 0) is 70.2 Å². The summed E-state index contributed by atoms with van der Waals surface area (Å²) in [6, 6.07) is 10.2. The van der Waals surface area contributed by atoms with Gasteiger partial charge in [0.2, 0.25) is 5.91 Å².